The molecule has 1 fully saturated rings. The molecule has 1 aromatic heterocycles. The van der Waals surface area contributed by atoms with Crippen LogP contribution in [0.3, 0.4) is 0 Å². The van der Waals surface area contributed by atoms with Crippen LogP contribution in [0.15, 0.2) is 42.5 Å². The zero-order valence-electron chi connectivity index (χ0n) is 16.5. The fourth-order valence-electron chi connectivity index (χ4n) is 4.08. The van der Waals surface area contributed by atoms with Gasteiger partial charge in [-0.3, -0.25) is 9.59 Å². The van der Waals surface area contributed by atoms with Gasteiger partial charge in [0.25, 0.3) is 0 Å². The van der Waals surface area contributed by atoms with Gasteiger partial charge in [0.15, 0.2) is 17.3 Å². The molecule has 0 bridgehead atoms. The second kappa shape index (κ2) is 8.07. The summed E-state index contributed by atoms with van der Waals surface area (Å²) >= 11 is 1.65. The molecule has 2 aliphatic heterocycles. The summed E-state index contributed by atoms with van der Waals surface area (Å²) in [5.74, 6) is 1.21. The van der Waals surface area contributed by atoms with Crippen molar-refractivity contribution in [1.29, 1.82) is 0 Å². The third kappa shape index (κ3) is 3.65. The van der Waals surface area contributed by atoms with Crippen molar-refractivity contribution < 1.29 is 19.1 Å². The molecule has 1 saturated heterocycles. The van der Waals surface area contributed by atoms with E-state index in [0.29, 0.717) is 30.3 Å². The van der Waals surface area contributed by atoms with Crippen molar-refractivity contribution in [2.75, 3.05) is 19.8 Å². The van der Waals surface area contributed by atoms with Crippen molar-refractivity contribution in [3.05, 3.63) is 53.0 Å². The van der Waals surface area contributed by atoms with Crippen LogP contribution < -0.4 is 9.47 Å². The first-order valence-corrected chi connectivity index (χ1v) is 11.1. The van der Waals surface area contributed by atoms with E-state index < -0.39 is 0 Å². The van der Waals surface area contributed by atoms with Gasteiger partial charge in [-0.05, 0) is 43.2 Å². The summed E-state index contributed by atoms with van der Waals surface area (Å²) in [5.41, 5.74) is 1.53. The topological polar surface area (TPSA) is 68.7 Å². The number of para-hydroxylation sites is 1. The number of carbonyl (C=O) groups is 2. The van der Waals surface area contributed by atoms with Crippen LogP contribution in [0, 0.1) is 0 Å². The highest BCUT2D eigenvalue weighted by atomic mass is 32.1. The number of thiazole rings is 1. The van der Waals surface area contributed by atoms with Crippen LogP contribution in [-0.4, -0.2) is 41.3 Å². The molecule has 6 nitrogen and oxygen atoms in total. The Kier molecular flexibility index (Phi) is 5.12. The number of carbonyl (C=O) groups excluding carboxylic acids is 2. The van der Waals surface area contributed by atoms with E-state index in [9.17, 15) is 9.59 Å². The molecule has 0 spiro atoms. The predicted molar refractivity (Wildman–Crippen MR) is 114 cm³/mol. The number of hydrogen-bond acceptors (Lipinski definition) is 6. The summed E-state index contributed by atoms with van der Waals surface area (Å²) < 4.78 is 12.2. The van der Waals surface area contributed by atoms with Gasteiger partial charge in [-0.2, -0.15) is 0 Å². The summed E-state index contributed by atoms with van der Waals surface area (Å²) in [7, 11) is 0. The maximum absolute atomic E-state index is 12.9. The molecule has 0 saturated carbocycles. The highest BCUT2D eigenvalue weighted by Crippen LogP contribution is 2.37. The highest BCUT2D eigenvalue weighted by molar-refractivity contribution is 7.18. The first kappa shape index (κ1) is 19.1. The lowest BCUT2D eigenvalue weighted by Gasteiger charge is -2.23. The van der Waals surface area contributed by atoms with Gasteiger partial charge >= 0.3 is 0 Å². The minimum absolute atomic E-state index is 0.0132. The first-order valence-electron chi connectivity index (χ1n) is 10.3. The van der Waals surface area contributed by atoms with Gasteiger partial charge in [-0.1, -0.05) is 12.1 Å². The number of amides is 1. The molecule has 154 valence electrons. The van der Waals surface area contributed by atoms with Gasteiger partial charge in [-0.15, -0.1) is 11.3 Å². The standard InChI is InChI=1S/C23H22N2O4S/c26-18(15-7-9-19-20(14-15)29-13-12-28-19)8-10-22(27)25-11-3-5-17(25)23-24-16-4-1-2-6-21(16)30-23/h1-2,4,6-7,9,14,17H,3,5,8,10-13H2. The maximum Gasteiger partial charge on any atom is 0.223 e. The van der Waals surface area contributed by atoms with Gasteiger partial charge in [0.05, 0.1) is 16.3 Å². The van der Waals surface area contributed by atoms with E-state index >= 15 is 0 Å². The molecule has 1 unspecified atom stereocenters. The van der Waals surface area contributed by atoms with Crippen LogP contribution in [0.4, 0.5) is 0 Å². The maximum atomic E-state index is 12.9. The van der Waals surface area contributed by atoms with Crippen LogP contribution in [0.1, 0.15) is 47.1 Å². The minimum Gasteiger partial charge on any atom is -0.486 e. The molecule has 30 heavy (non-hydrogen) atoms. The molecule has 3 aromatic rings. The summed E-state index contributed by atoms with van der Waals surface area (Å²) in [6.45, 7) is 1.71. The van der Waals surface area contributed by atoms with Gasteiger partial charge < -0.3 is 14.4 Å². The number of nitrogens with zero attached hydrogens (tertiary/aromatic N) is 2. The van der Waals surface area contributed by atoms with Crippen LogP contribution >= 0.6 is 11.3 Å². The molecule has 5 rings (SSSR count). The zero-order valence-corrected chi connectivity index (χ0v) is 17.3. The fourth-order valence-corrected chi connectivity index (χ4v) is 5.20. The van der Waals surface area contributed by atoms with E-state index in [2.05, 4.69) is 6.07 Å². The average molecular weight is 423 g/mol. The Hall–Kier alpha value is -2.93. The van der Waals surface area contributed by atoms with Crippen LogP contribution in [0.2, 0.25) is 0 Å². The second-order valence-corrected chi connectivity index (χ2v) is 8.61. The molecule has 1 amide bonds. The van der Waals surface area contributed by atoms with Crippen molar-refractivity contribution in [2.45, 2.75) is 31.7 Å². The molecular formula is C23H22N2O4S. The Morgan fingerprint density at radius 1 is 1.07 bits per heavy atom. The summed E-state index contributed by atoms with van der Waals surface area (Å²) in [6.07, 6.45) is 2.26. The van der Waals surface area contributed by atoms with E-state index in [4.69, 9.17) is 14.5 Å². The minimum atomic E-state index is -0.0592. The van der Waals surface area contributed by atoms with Gasteiger partial charge in [0, 0.05) is 24.9 Å². The molecule has 2 aliphatic rings. The van der Waals surface area contributed by atoms with Crippen molar-refractivity contribution in [2.24, 2.45) is 0 Å². The van der Waals surface area contributed by atoms with E-state index in [-0.39, 0.29) is 30.6 Å². The van der Waals surface area contributed by atoms with E-state index in [1.807, 2.05) is 23.1 Å². The summed E-state index contributed by atoms with van der Waals surface area (Å²) in [4.78, 5) is 32.2. The lowest BCUT2D eigenvalue weighted by Crippen LogP contribution is -2.30. The molecular weight excluding hydrogens is 400 g/mol. The predicted octanol–water partition coefficient (Wildman–Crippen LogP) is 4.39. The number of ether oxygens (including phenoxy) is 2. The number of Topliss-reactive ketones (excluding diaryl/α,β-unsaturated/α-hetero) is 1. The van der Waals surface area contributed by atoms with Crippen molar-refractivity contribution in [3.8, 4) is 11.5 Å². The Morgan fingerprint density at radius 3 is 2.77 bits per heavy atom. The number of aromatic nitrogens is 1. The number of rotatable bonds is 5. The van der Waals surface area contributed by atoms with E-state index in [0.717, 1.165) is 34.6 Å². The number of benzene rings is 2. The van der Waals surface area contributed by atoms with E-state index in [1.165, 1.54) is 0 Å². The van der Waals surface area contributed by atoms with Crippen LogP contribution in [-0.2, 0) is 4.79 Å². The zero-order chi connectivity index (χ0) is 20.5. The molecule has 0 N–H and O–H groups in total. The fraction of sp³-hybridized carbons (Fsp3) is 0.348. The lowest BCUT2D eigenvalue weighted by atomic mass is 10.1. The Morgan fingerprint density at radius 2 is 1.90 bits per heavy atom. The third-order valence-corrected chi connectivity index (χ3v) is 6.74. The largest absolute Gasteiger partial charge is 0.486 e. The number of ketones is 1. The van der Waals surface area contributed by atoms with Gasteiger partial charge in [-0.25, -0.2) is 4.98 Å². The number of fused-ring (bicyclic) bond motifs is 2. The Labute approximate surface area is 178 Å². The molecule has 0 aliphatic carbocycles. The average Bonchev–Trinajstić information content (AvgIpc) is 3.43. The number of hydrogen-bond donors (Lipinski definition) is 0. The summed E-state index contributed by atoms with van der Waals surface area (Å²) in [5, 5.41) is 0.986. The SMILES string of the molecule is O=C(CCC(=O)N1CCCC1c1nc2ccccc2s1)c1ccc2c(c1)OCCO2. The highest BCUT2D eigenvalue weighted by Gasteiger charge is 2.32. The van der Waals surface area contributed by atoms with E-state index in [1.54, 1.807) is 29.5 Å². The van der Waals surface area contributed by atoms with Crippen molar-refractivity contribution in [3.63, 3.8) is 0 Å². The quantitative estimate of drug-likeness (QED) is 0.570. The monoisotopic (exact) mass is 422 g/mol. The molecule has 3 heterocycles. The number of likely N-dealkylation sites (tertiary alicyclic amines) is 1. The van der Waals surface area contributed by atoms with Crippen LogP contribution in [0.5, 0.6) is 11.5 Å². The van der Waals surface area contributed by atoms with Gasteiger partial charge in [0.1, 0.15) is 18.2 Å². The Bertz CT molecular complexity index is 1080. The smallest absolute Gasteiger partial charge is 0.223 e. The van der Waals surface area contributed by atoms with Crippen LogP contribution in [0.25, 0.3) is 10.2 Å². The Balaban J connectivity index is 1.25. The second-order valence-electron chi connectivity index (χ2n) is 7.55. The van der Waals surface area contributed by atoms with Gasteiger partial charge in [0.2, 0.25) is 5.91 Å². The normalized spacial score (nSPS) is 18.0. The lowest BCUT2D eigenvalue weighted by molar-refractivity contribution is -0.132. The first-order chi connectivity index (χ1) is 14.7. The molecule has 1 atom stereocenters. The van der Waals surface area contributed by atoms with Crippen molar-refractivity contribution in [1.82, 2.24) is 9.88 Å². The third-order valence-electron chi connectivity index (χ3n) is 5.60. The molecule has 0 radical (unpaired) electrons. The van der Waals surface area contributed by atoms with Crippen molar-refractivity contribution >= 4 is 33.2 Å². The molecule has 2 aromatic carbocycles. The molecule has 7 heteroatoms. The summed E-state index contributed by atoms with van der Waals surface area (Å²) in [6, 6.07) is 13.3.